The van der Waals surface area contributed by atoms with Crippen molar-refractivity contribution in [2.45, 2.75) is 17.7 Å². The van der Waals surface area contributed by atoms with E-state index in [1.807, 2.05) is 12.1 Å². The van der Waals surface area contributed by atoms with Gasteiger partial charge in [0.15, 0.2) is 0 Å². The second-order valence-electron chi connectivity index (χ2n) is 2.91. The fourth-order valence-electron chi connectivity index (χ4n) is 1.47. The van der Waals surface area contributed by atoms with E-state index in [4.69, 9.17) is 0 Å². The molecule has 1 unspecified atom stereocenters. The first-order valence-electron chi connectivity index (χ1n) is 3.94. The van der Waals surface area contributed by atoms with E-state index in [2.05, 4.69) is 22.0 Å². The van der Waals surface area contributed by atoms with Crippen LogP contribution in [0.15, 0.2) is 27.6 Å². The monoisotopic (exact) mass is 244 g/mol. The van der Waals surface area contributed by atoms with Crippen molar-refractivity contribution < 1.29 is 4.21 Å². The SMILES string of the molecule is O=S1CCCc2cc(Br)ccc21. The van der Waals surface area contributed by atoms with Gasteiger partial charge in [0.2, 0.25) is 0 Å². The average molecular weight is 245 g/mol. The number of hydrogen-bond acceptors (Lipinski definition) is 1. The van der Waals surface area contributed by atoms with Crippen LogP contribution in [0.4, 0.5) is 0 Å². The van der Waals surface area contributed by atoms with Crippen LogP contribution in [0.2, 0.25) is 0 Å². The zero-order valence-electron chi connectivity index (χ0n) is 6.55. The van der Waals surface area contributed by atoms with E-state index in [0.717, 1.165) is 28.0 Å². The van der Waals surface area contributed by atoms with Crippen molar-refractivity contribution in [2.24, 2.45) is 0 Å². The molecule has 1 nitrogen and oxygen atoms in total. The van der Waals surface area contributed by atoms with E-state index in [1.165, 1.54) is 5.56 Å². The number of hydrogen-bond donors (Lipinski definition) is 0. The van der Waals surface area contributed by atoms with Crippen LogP contribution in [0.5, 0.6) is 0 Å². The van der Waals surface area contributed by atoms with E-state index < -0.39 is 10.8 Å². The molecule has 0 amide bonds. The zero-order chi connectivity index (χ0) is 8.55. The molecule has 0 radical (unpaired) electrons. The summed E-state index contributed by atoms with van der Waals surface area (Å²) in [7, 11) is -0.744. The molecule has 12 heavy (non-hydrogen) atoms. The molecule has 0 aliphatic carbocycles. The van der Waals surface area contributed by atoms with Crippen LogP contribution in [0, 0.1) is 0 Å². The third-order valence-corrected chi connectivity index (χ3v) is 4.09. The number of benzene rings is 1. The minimum absolute atomic E-state index is 0.744. The van der Waals surface area contributed by atoms with Crippen molar-refractivity contribution in [1.29, 1.82) is 0 Å². The average Bonchev–Trinajstić information content (AvgIpc) is 2.04. The summed E-state index contributed by atoms with van der Waals surface area (Å²) in [4.78, 5) is 1.03. The maximum absolute atomic E-state index is 11.5. The van der Waals surface area contributed by atoms with Crippen molar-refractivity contribution in [2.75, 3.05) is 5.75 Å². The van der Waals surface area contributed by atoms with Crippen LogP contribution < -0.4 is 0 Å². The van der Waals surface area contributed by atoms with Crippen LogP contribution in [-0.4, -0.2) is 9.96 Å². The van der Waals surface area contributed by atoms with Gasteiger partial charge in [-0.15, -0.1) is 0 Å². The fraction of sp³-hybridized carbons (Fsp3) is 0.333. The van der Waals surface area contributed by atoms with Crippen LogP contribution in [0.1, 0.15) is 12.0 Å². The Bertz CT molecular complexity index is 335. The van der Waals surface area contributed by atoms with E-state index in [0.29, 0.717) is 0 Å². The molecule has 1 heterocycles. The van der Waals surface area contributed by atoms with E-state index >= 15 is 0 Å². The summed E-state index contributed by atoms with van der Waals surface area (Å²) in [5.74, 6) is 0.828. The first-order chi connectivity index (χ1) is 5.77. The molecule has 1 aromatic carbocycles. The fourth-order valence-corrected chi connectivity index (χ4v) is 3.18. The van der Waals surface area contributed by atoms with E-state index in [-0.39, 0.29) is 0 Å². The minimum Gasteiger partial charge on any atom is -0.254 e. The predicted molar refractivity (Wildman–Crippen MR) is 53.7 cm³/mol. The first-order valence-corrected chi connectivity index (χ1v) is 6.05. The Balaban J connectivity index is 2.53. The third kappa shape index (κ3) is 1.48. The maximum Gasteiger partial charge on any atom is 0.0532 e. The molecule has 0 spiro atoms. The molecule has 64 valence electrons. The van der Waals surface area contributed by atoms with Crippen LogP contribution in [0.25, 0.3) is 0 Å². The molecule has 0 saturated heterocycles. The smallest absolute Gasteiger partial charge is 0.0532 e. The molecule has 0 bridgehead atoms. The molecular weight excluding hydrogens is 236 g/mol. The second-order valence-corrected chi connectivity index (χ2v) is 5.36. The molecule has 1 aliphatic heterocycles. The van der Waals surface area contributed by atoms with Gasteiger partial charge in [-0.3, -0.25) is 4.21 Å². The Hall–Kier alpha value is -0.150. The molecule has 0 aromatic heterocycles. The molecule has 0 saturated carbocycles. The summed E-state index contributed by atoms with van der Waals surface area (Å²) in [6.45, 7) is 0. The molecule has 0 fully saturated rings. The van der Waals surface area contributed by atoms with Gasteiger partial charge in [0, 0.05) is 15.1 Å². The van der Waals surface area contributed by atoms with Gasteiger partial charge in [0.1, 0.15) is 0 Å². The summed E-state index contributed by atoms with van der Waals surface area (Å²) < 4.78 is 12.6. The van der Waals surface area contributed by atoms with Gasteiger partial charge < -0.3 is 0 Å². The zero-order valence-corrected chi connectivity index (χ0v) is 8.95. The summed E-state index contributed by atoms with van der Waals surface area (Å²) in [6.07, 6.45) is 2.12. The highest BCUT2D eigenvalue weighted by molar-refractivity contribution is 9.10. The molecule has 1 aromatic rings. The molecule has 2 rings (SSSR count). The number of rotatable bonds is 0. The minimum atomic E-state index is -0.744. The lowest BCUT2D eigenvalue weighted by Crippen LogP contribution is -2.09. The number of halogens is 1. The number of fused-ring (bicyclic) bond motifs is 1. The summed E-state index contributed by atoms with van der Waals surface area (Å²) in [5.41, 5.74) is 1.24. The summed E-state index contributed by atoms with van der Waals surface area (Å²) >= 11 is 3.41. The molecule has 3 heteroatoms. The lowest BCUT2D eigenvalue weighted by molar-refractivity contribution is 0.674. The Morgan fingerprint density at radius 2 is 2.25 bits per heavy atom. The molecule has 0 N–H and O–H groups in total. The van der Waals surface area contributed by atoms with E-state index in [9.17, 15) is 4.21 Å². The Kier molecular flexibility index (Phi) is 2.33. The highest BCUT2D eigenvalue weighted by Gasteiger charge is 2.14. The second kappa shape index (κ2) is 3.30. The lowest BCUT2D eigenvalue weighted by atomic mass is 10.1. The normalized spacial score (nSPS) is 21.9. The Morgan fingerprint density at radius 3 is 3.08 bits per heavy atom. The van der Waals surface area contributed by atoms with Gasteiger partial charge in [-0.1, -0.05) is 15.9 Å². The number of aryl methyl sites for hydroxylation is 1. The van der Waals surface area contributed by atoms with Gasteiger partial charge in [0.25, 0.3) is 0 Å². The van der Waals surface area contributed by atoms with Crippen molar-refractivity contribution in [3.63, 3.8) is 0 Å². The molecular formula is C9H9BrOS. The summed E-state index contributed by atoms with van der Waals surface area (Å²) in [5, 5.41) is 0. The van der Waals surface area contributed by atoms with Gasteiger partial charge in [0.05, 0.1) is 10.8 Å². The standard InChI is InChI=1S/C9H9BrOS/c10-8-3-4-9-7(6-8)2-1-5-12(9)11/h3-4,6H,1-2,5H2. The predicted octanol–water partition coefficient (Wildman–Crippen LogP) is 2.50. The quantitative estimate of drug-likeness (QED) is 0.686. The largest absolute Gasteiger partial charge is 0.254 e. The van der Waals surface area contributed by atoms with Gasteiger partial charge in [-0.2, -0.15) is 0 Å². The van der Waals surface area contributed by atoms with Crippen LogP contribution >= 0.6 is 15.9 Å². The van der Waals surface area contributed by atoms with Crippen LogP contribution in [-0.2, 0) is 17.2 Å². The Morgan fingerprint density at radius 1 is 1.42 bits per heavy atom. The molecule has 1 aliphatic rings. The van der Waals surface area contributed by atoms with Crippen molar-refractivity contribution in [3.8, 4) is 0 Å². The van der Waals surface area contributed by atoms with E-state index in [1.54, 1.807) is 0 Å². The molecule has 1 atom stereocenters. The van der Waals surface area contributed by atoms with Crippen LogP contribution in [0.3, 0.4) is 0 Å². The highest BCUT2D eigenvalue weighted by Crippen LogP contribution is 2.24. The van der Waals surface area contributed by atoms with Crippen molar-refractivity contribution >= 4 is 26.7 Å². The first kappa shape index (κ1) is 8.45. The van der Waals surface area contributed by atoms with Crippen molar-refractivity contribution in [1.82, 2.24) is 0 Å². The van der Waals surface area contributed by atoms with Gasteiger partial charge in [-0.05, 0) is 36.6 Å². The maximum atomic E-state index is 11.5. The third-order valence-electron chi connectivity index (χ3n) is 2.04. The van der Waals surface area contributed by atoms with Crippen molar-refractivity contribution in [3.05, 3.63) is 28.2 Å². The van der Waals surface area contributed by atoms with Gasteiger partial charge >= 0.3 is 0 Å². The topological polar surface area (TPSA) is 17.1 Å². The highest BCUT2D eigenvalue weighted by atomic mass is 79.9. The summed E-state index contributed by atoms with van der Waals surface area (Å²) in [6, 6.07) is 6.00. The lowest BCUT2D eigenvalue weighted by Gasteiger charge is -2.14. The Labute approximate surface area is 82.8 Å². The van der Waals surface area contributed by atoms with Gasteiger partial charge in [-0.25, -0.2) is 0 Å².